The number of nitrogens with zero attached hydrogens (tertiary/aromatic N) is 1. The van der Waals surface area contributed by atoms with Gasteiger partial charge in [-0.15, -0.1) is 0 Å². The number of ether oxygens (including phenoxy) is 1. The summed E-state index contributed by atoms with van der Waals surface area (Å²) in [6, 6.07) is 18.0. The lowest BCUT2D eigenvalue weighted by Crippen LogP contribution is -2.43. The average Bonchev–Trinajstić information content (AvgIpc) is 3.63. The molecule has 38 heavy (non-hydrogen) atoms. The first kappa shape index (κ1) is 26.1. The standard InChI is InChI=1S/C32H38N2O4/c1-21(2)19-33-31(35)29-15-14-27(38-29)20-37-26-13-12-23-16-17-34(32(36)25-6-4-5-7-25)30(28(23)18-26)24-10-8-22(3)9-11-24/h8-15,18,21,25,30H,4-7,16-17,19-20H2,1-3H3,(H,33,35)/t30-/m1/s1. The summed E-state index contributed by atoms with van der Waals surface area (Å²) in [6.45, 7) is 7.73. The number of carbonyl (C=O) groups excluding carboxylic acids is 2. The van der Waals surface area contributed by atoms with E-state index in [0.717, 1.165) is 55.5 Å². The highest BCUT2D eigenvalue weighted by atomic mass is 16.5. The molecular formula is C32H38N2O4. The monoisotopic (exact) mass is 514 g/mol. The van der Waals surface area contributed by atoms with E-state index in [1.54, 1.807) is 12.1 Å². The van der Waals surface area contributed by atoms with Crippen LogP contribution in [0.2, 0.25) is 0 Å². The van der Waals surface area contributed by atoms with Crippen molar-refractivity contribution in [3.05, 3.63) is 88.4 Å². The molecule has 2 aromatic carbocycles. The molecule has 1 aliphatic carbocycles. The summed E-state index contributed by atoms with van der Waals surface area (Å²) in [5.74, 6) is 2.17. The zero-order valence-electron chi connectivity index (χ0n) is 22.7. The van der Waals surface area contributed by atoms with E-state index in [0.29, 0.717) is 18.2 Å². The maximum Gasteiger partial charge on any atom is 0.287 e. The molecular weight excluding hydrogens is 476 g/mol. The van der Waals surface area contributed by atoms with E-state index in [9.17, 15) is 9.59 Å². The predicted octanol–water partition coefficient (Wildman–Crippen LogP) is 6.22. The molecule has 2 aliphatic rings. The first-order chi connectivity index (χ1) is 18.4. The lowest BCUT2D eigenvalue weighted by molar-refractivity contribution is -0.137. The maximum absolute atomic E-state index is 13.6. The van der Waals surface area contributed by atoms with Gasteiger partial charge in [0.1, 0.15) is 18.1 Å². The van der Waals surface area contributed by atoms with Crippen molar-refractivity contribution in [3.63, 3.8) is 0 Å². The number of aryl methyl sites for hydroxylation is 1. The molecule has 1 saturated carbocycles. The fraction of sp³-hybridized carbons (Fsp3) is 0.438. The fourth-order valence-electron chi connectivity index (χ4n) is 5.55. The molecule has 0 radical (unpaired) electrons. The van der Waals surface area contributed by atoms with Gasteiger partial charge in [0, 0.05) is 19.0 Å². The van der Waals surface area contributed by atoms with Crippen LogP contribution in [0.25, 0.3) is 0 Å². The molecule has 6 heteroatoms. The molecule has 0 spiro atoms. The topological polar surface area (TPSA) is 71.8 Å². The number of benzene rings is 2. The minimum Gasteiger partial charge on any atom is -0.486 e. The summed E-state index contributed by atoms with van der Waals surface area (Å²) in [6.07, 6.45) is 5.10. The lowest BCUT2D eigenvalue weighted by atomic mass is 9.86. The van der Waals surface area contributed by atoms with Crippen molar-refractivity contribution in [1.82, 2.24) is 10.2 Å². The van der Waals surface area contributed by atoms with Crippen LogP contribution in [0.1, 0.15) is 84.1 Å². The van der Waals surface area contributed by atoms with Crippen LogP contribution in [-0.2, 0) is 17.8 Å². The van der Waals surface area contributed by atoms with Gasteiger partial charge in [-0.2, -0.15) is 0 Å². The van der Waals surface area contributed by atoms with Gasteiger partial charge in [0.15, 0.2) is 5.76 Å². The fourth-order valence-corrected chi connectivity index (χ4v) is 5.55. The van der Waals surface area contributed by atoms with Gasteiger partial charge >= 0.3 is 0 Å². The number of amides is 2. The van der Waals surface area contributed by atoms with Crippen molar-refractivity contribution in [2.24, 2.45) is 11.8 Å². The zero-order valence-corrected chi connectivity index (χ0v) is 22.7. The Morgan fingerprint density at radius 3 is 2.55 bits per heavy atom. The second-order valence-electron chi connectivity index (χ2n) is 11.1. The summed E-state index contributed by atoms with van der Waals surface area (Å²) in [4.78, 5) is 28.0. The molecule has 0 unspecified atom stereocenters. The number of rotatable bonds is 8. The van der Waals surface area contributed by atoms with Gasteiger partial charge in [-0.1, -0.05) is 62.6 Å². The number of nitrogens with one attached hydrogen (secondary N) is 1. The first-order valence-electron chi connectivity index (χ1n) is 13.9. The van der Waals surface area contributed by atoms with Crippen LogP contribution >= 0.6 is 0 Å². The first-order valence-corrected chi connectivity index (χ1v) is 13.9. The Labute approximate surface area is 225 Å². The highest BCUT2D eigenvalue weighted by Crippen LogP contribution is 2.40. The molecule has 1 fully saturated rings. The van der Waals surface area contributed by atoms with Crippen molar-refractivity contribution in [3.8, 4) is 5.75 Å². The van der Waals surface area contributed by atoms with E-state index >= 15 is 0 Å². The normalized spacial score (nSPS) is 17.5. The van der Waals surface area contributed by atoms with E-state index in [1.165, 1.54) is 11.1 Å². The Hall–Kier alpha value is -3.54. The largest absolute Gasteiger partial charge is 0.486 e. The second-order valence-corrected chi connectivity index (χ2v) is 11.1. The van der Waals surface area contributed by atoms with E-state index < -0.39 is 0 Å². The van der Waals surface area contributed by atoms with Gasteiger partial charge in [0.05, 0.1) is 6.04 Å². The minimum atomic E-state index is -0.216. The molecule has 0 saturated heterocycles. The molecule has 6 nitrogen and oxygen atoms in total. The van der Waals surface area contributed by atoms with Crippen LogP contribution in [0.5, 0.6) is 5.75 Å². The summed E-state index contributed by atoms with van der Waals surface area (Å²) >= 11 is 0. The Balaban J connectivity index is 1.36. The third-order valence-corrected chi connectivity index (χ3v) is 7.66. The summed E-state index contributed by atoms with van der Waals surface area (Å²) in [5, 5.41) is 2.87. The summed E-state index contributed by atoms with van der Waals surface area (Å²) in [7, 11) is 0. The number of fused-ring (bicyclic) bond motifs is 1. The Kier molecular flexibility index (Phi) is 7.87. The van der Waals surface area contributed by atoms with Crippen molar-refractivity contribution < 1.29 is 18.7 Å². The van der Waals surface area contributed by atoms with Crippen LogP contribution in [-0.4, -0.2) is 29.8 Å². The van der Waals surface area contributed by atoms with Gasteiger partial charge in [-0.3, -0.25) is 9.59 Å². The third kappa shape index (κ3) is 5.79. The molecule has 2 heterocycles. The number of hydrogen-bond acceptors (Lipinski definition) is 4. The molecule has 2 amide bonds. The van der Waals surface area contributed by atoms with E-state index in [-0.39, 0.29) is 36.1 Å². The van der Waals surface area contributed by atoms with Crippen molar-refractivity contribution >= 4 is 11.8 Å². The predicted molar refractivity (Wildman–Crippen MR) is 147 cm³/mol. The molecule has 1 N–H and O–H groups in total. The van der Waals surface area contributed by atoms with Crippen molar-refractivity contribution in [2.45, 2.75) is 65.5 Å². The Bertz CT molecular complexity index is 1270. The van der Waals surface area contributed by atoms with Gasteiger partial charge in [-0.05, 0) is 73.1 Å². The third-order valence-electron chi connectivity index (χ3n) is 7.66. The van der Waals surface area contributed by atoms with Crippen LogP contribution in [0.3, 0.4) is 0 Å². The molecule has 1 aromatic heterocycles. The summed E-state index contributed by atoms with van der Waals surface area (Å²) in [5.41, 5.74) is 4.70. The minimum absolute atomic E-state index is 0.129. The molecule has 0 bridgehead atoms. The van der Waals surface area contributed by atoms with Crippen LogP contribution < -0.4 is 10.1 Å². The van der Waals surface area contributed by atoms with Crippen molar-refractivity contribution in [2.75, 3.05) is 13.1 Å². The van der Waals surface area contributed by atoms with E-state index in [1.807, 2.05) is 19.9 Å². The van der Waals surface area contributed by atoms with Crippen molar-refractivity contribution in [1.29, 1.82) is 0 Å². The number of carbonyl (C=O) groups is 2. The highest BCUT2D eigenvalue weighted by Gasteiger charge is 2.36. The van der Waals surface area contributed by atoms with E-state index in [4.69, 9.17) is 9.15 Å². The number of furan rings is 1. The Morgan fingerprint density at radius 1 is 1.05 bits per heavy atom. The van der Waals surface area contributed by atoms with Gasteiger partial charge in [0.25, 0.3) is 5.91 Å². The smallest absolute Gasteiger partial charge is 0.287 e. The quantitative estimate of drug-likeness (QED) is 0.388. The maximum atomic E-state index is 13.6. The molecule has 200 valence electrons. The average molecular weight is 515 g/mol. The zero-order chi connectivity index (χ0) is 26.6. The van der Waals surface area contributed by atoms with Crippen LogP contribution in [0.15, 0.2) is 59.0 Å². The molecule has 5 rings (SSSR count). The lowest BCUT2D eigenvalue weighted by Gasteiger charge is -2.39. The Morgan fingerprint density at radius 2 is 1.82 bits per heavy atom. The number of hydrogen-bond donors (Lipinski definition) is 1. The highest BCUT2D eigenvalue weighted by molar-refractivity contribution is 5.91. The van der Waals surface area contributed by atoms with Gasteiger partial charge in [0.2, 0.25) is 5.91 Å². The van der Waals surface area contributed by atoms with Gasteiger partial charge < -0.3 is 19.4 Å². The summed E-state index contributed by atoms with van der Waals surface area (Å²) < 4.78 is 11.8. The molecule has 1 atom stereocenters. The second kappa shape index (κ2) is 11.5. The van der Waals surface area contributed by atoms with Crippen LogP contribution in [0, 0.1) is 18.8 Å². The molecule has 1 aliphatic heterocycles. The SMILES string of the molecule is Cc1ccc([C@@H]2c3cc(OCc4ccc(C(=O)NCC(C)C)o4)ccc3CCN2C(=O)C2CCCC2)cc1. The van der Waals surface area contributed by atoms with E-state index in [2.05, 4.69) is 53.5 Å². The van der Waals surface area contributed by atoms with Gasteiger partial charge in [-0.25, -0.2) is 0 Å². The molecule has 3 aromatic rings. The van der Waals surface area contributed by atoms with Crippen LogP contribution in [0.4, 0.5) is 0 Å².